The van der Waals surface area contributed by atoms with E-state index >= 15 is 0 Å². The summed E-state index contributed by atoms with van der Waals surface area (Å²) in [7, 11) is 1.63. The largest absolute Gasteiger partial charge is 0.497 e. The van der Waals surface area contributed by atoms with E-state index in [0.29, 0.717) is 6.42 Å². The van der Waals surface area contributed by atoms with Gasteiger partial charge in [-0.05, 0) is 60.2 Å². The first-order valence-electron chi connectivity index (χ1n) is 7.96. The zero-order chi connectivity index (χ0) is 16.2. The van der Waals surface area contributed by atoms with Crippen LogP contribution in [-0.4, -0.2) is 13.0 Å². The van der Waals surface area contributed by atoms with Crippen LogP contribution in [0.4, 0.5) is 5.69 Å². The lowest BCUT2D eigenvalue weighted by atomic mass is 9.87. The number of hydrogen-bond donors (Lipinski definition) is 2. The highest BCUT2D eigenvalue weighted by Crippen LogP contribution is 2.31. The molecule has 0 aromatic heterocycles. The molecule has 3 rings (SSSR count). The van der Waals surface area contributed by atoms with Gasteiger partial charge >= 0.3 is 0 Å². The first kappa shape index (κ1) is 15.4. The van der Waals surface area contributed by atoms with Crippen molar-refractivity contribution in [3.8, 4) is 5.75 Å². The highest BCUT2D eigenvalue weighted by molar-refractivity contribution is 5.79. The van der Waals surface area contributed by atoms with E-state index in [2.05, 4.69) is 5.32 Å². The predicted molar refractivity (Wildman–Crippen MR) is 91.4 cm³/mol. The highest BCUT2D eigenvalue weighted by Gasteiger charge is 2.21. The van der Waals surface area contributed by atoms with Gasteiger partial charge in [-0.1, -0.05) is 18.2 Å². The number of carbonyl (C=O) groups is 1. The van der Waals surface area contributed by atoms with Crippen LogP contribution in [0, 0.1) is 0 Å². The molecule has 0 bridgehead atoms. The van der Waals surface area contributed by atoms with Crippen molar-refractivity contribution < 1.29 is 9.53 Å². The zero-order valence-corrected chi connectivity index (χ0v) is 13.3. The molecule has 120 valence electrons. The molecule has 23 heavy (non-hydrogen) atoms. The lowest BCUT2D eigenvalue weighted by Gasteiger charge is -2.26. The molecule has 1 aliphatic rings. The van der Waals surface area contributed by atoms with Crippen LogP contribution in [0.25, 0.3) is 0 Å². The Kier molecular flexibility index (Phi) is 4.51. The quantitative estimate of drug-likeness (QED) is 0.853. The van der Waals surface area contributed by atoms with Crippen molar-refractivity contribution in [1.29, 1.82) is 0 Å². The van der Waals surface area contributed by atoms with Crippen molar-refractivity contribution in [3.63, 3.8) is 0 Å². The molecule has 2 aromatic rings. The van der Waals surface area contributed by atoms with Gasteiger partial charge in [0.15, 0.2) is 0 Å². The SMILES string of the molecule is COc1ccc(CC(=O)NC2CCCc3cc(N)ccc32)cc1. The van der Waals surface area contributed by atoms with Crippen LogP contribution in [0.1, 0.15) is 35.6 Å². The third-order valence-corrected chi connectivity index (χ3v) is 4.34. The molecule has 1 aliphatic carbocycles. The molecule has 4 heteroatoms. The highest BCUT2D eigenvalue weighted by atomic mass is 16.5. The maximum absolute atomic E-state index is 12.3. The molecule has 0 saturated heterocycles. The van der Waals surface area contributed by atoms with E-state index in [0.717, 1.165) is 36.3 Å². The first-order chi connectivity index (χ1) is 11.2. The number of carbonyl (C=O) groups excluding carboxylic acids is 1. The normalized spacial score (nSPS) is 16.5. The lowest BCUT2D eigenvalue weighted by Crippen LogP contribution is -2.32. The number of methoxy groups -OCH3 is 1. The molecule has 0 heterocycles. The third-order valence-electron chi connectivity index (χ3n) is 4.34. The van der Waals surface area contributed by atoms with Crippen molar-refractivity contribution in [2.45, 2.75) is 31.7 Å². The third kappa shape index (κ3) is 3.65. The summed E-state index contributed by atoms with van der Waals surface area (Å²) in [5.41, 5.74) is 10.1. The predicted octanol–water partition coefficient (Wildman–Crippen LogP) is 3.01. The van der Waals surface area contributed by atoms with Crippen molar-refractivity contribution in [3.05, 3.63) is 59.2 Å². The van der Waals surface area contributed by atoms with E-state index in [1.54, 1.807) is 7.11 Å². The Morgan fingerprint density at radius 3 is 2.78 bits per heavy atom. The lowest BCUT2D eigenvalue weighted by molar-refractivity contribution is -0.121. The van der Waals surface area contributed by atoms with Crippen LogP contribution in [0.2, 0.25) is 0 Å². The summed E-state index contributed by atoms with van der Waals surface area (Å²) in [6.45, 7) is 0. The number of rotatable bonds is 4. The van der Waals surface area contributed by atoms with Crippen molar-refractivity contribution in [2.75, 3.05) is 12.8 Å². The molecule has 2 aromatic carbocycles. The minimum absolute atomic E-state index is 0.0461. The Bertz CT molecular complexity index is 695. The summed E-state index contributed by atoms with van der Waals surface area (Å²) in [4.78, 5) is 12.3. The van der Waals surface area contributed by atoms with Gasteiger partial charge in [-0.2, -0.15) is 0 Å². The van der Waals surface area contributed by atoms with Crippen LogP contribution in [0.5, 0.6) is 5.75 Å². The van der Waals surface area contributed by atoms with Crippen molar-refractivity contribution in [1.82, 2.24) is 5.32 Å². The fourth-order valence-electron chi connectivity index (χ4n) is 3.16. The topological polar surface area (TPSA) is 64.3 Å². The van der Waals surface area contributed by atoms with Crippen LogP contribution in [0.15, 0.2) is 42.5 Å². The molecule has 0 aliphatic heterocycles. The van der Waals surface area contributed by atoms with Gasteiger partial charge in [0.25, 0.3) is 0 Å². The summed E-state index contributed by atoms with van der Waals surface area (Å²) in [5, 5.41) is 3.16. The van der Waals surface area contributed by atoms with E-state index in [9.17, 15) is 4.79 Å². The van der Waals surface area contributed by atoms with Gasteiger partial charge in [0, 0.05) is 5.69 Å². The van der Waals surface area contributed by atoms with E-state index < -0.39 is 0 Å². The summed E-state index contributed by atoms with van der Waals surface area (Å²) < 4.78 is 5.13. The molecule has 0 spiro atoms. The van der Waals surface area contributed by atoms with Crippen LogP contribution in [-0.2, 0) is 17.6 Å². The Balaban J connectivity index is 1.66. The molecular formula is C19H22N2O2. The van der Waals surface area contributed by atoms with E-state index in [1.807, 2.05) is 42.5 Å². The van der Waals surface area contributed by atoms with Crippen LogP contribution >= 0.6 is 0 Å². The Hall–Kier alpha value is -2.49. The van der Waals surface area contributed by atoms with Gasteiger partial charge in [-0.3, -0.25) is 4.79 Å². The molecule has 0 fully saturated rings. The molecule has 1 atom stereocenters. The molecule has 4 nitrogen and oxygen atoms in total. The molecule has 1 amide bonds. The second-order valence-corrected chi connectivity index (χ2v) is 6.00. The number of nitrogen functional groups attached to an aromatic ring is 1. The van der Waals surface area contributed by atoms with E-state index in [4.69, 9.17) is 10.5 Å². The summed E-state index contributed by atoms with van der Waals surface area (Å²) in [6, 6.07) is 13.7. The maximum atomic E-state index is 12.3. The minimum atomic E-state index is 0.0461. The number of amides is 1. The smallest absolute Gasteiger partial charge is 0.224 e. The number of benzene rings is 2. The zero-order valence-electron chi connectivity index (χ0n) is 13.3. The molecule has 0 radical (unpaired) electrons. The van der Waals surface area contributed by atoms with E-state index in [1.165, 1.54) is 11.1 Å². The van der Waals surface area contributed by atoms with Crippen LogP contribution < -0.4 is 15.8 Å². The van der Waals surface area contributed by atoms with Crippen molar-refractivity contribution >= 4 is 11.6 Å². The average molecular weight is 310 g/mol. The molecule has 1 unspecified atom stereocenters. The van der Waals surface area contributed by atoms with E-state index in [-0.39, 0.29) is 11.9 Å². The van der Waals surface area contributed by atoms with Gasteiger partial charge < -0.3 is 15.8 Å². The van der Waals surface area contributed by atoms with Crippen molar-refractivity contribution in [2.24, 2.45) is 0 Å². The van der Waals surface area contributed by atoms with Crippen LogP contribution in [0.3, 0.4) is 0 Å². The average Bonchev–Trinajstić information content (AvgIpc) is 2.55. The van der Waals surface area contributed by atoms with Gasteiger partial charge in [0.2, 0.25) is 5.91 Å². The van der Waals surface area contributed by atoms with Gasteiger partial charge in [-0.15, -0.1) is 0 Å². The fraction of sp³-hybridized carbons (Fsp3) is 0.316. The second kappa shape index (κ2) is 6.73. The van der Waals surface area contributed by atoms with Gasteiger partial charge in [0.1, 0.15) is 5.75 Å². The first-order valence-corrected chi connectivity index (χ1v) is 7.96. The Labute approximate surface area is 136 Å². The maximum Gasteiger partial charge on any atom is 0.224 e. The Morgan fingerprint density at radius 2 is 2.04 bits per heavy atom. The molecule has 3 N–H and O–H groups in total. The fourth-order valence-corrected chi connectivity index (χ4v) is 3.16. The number of anilines is 1. The standard InChI is InChI=1S/C19H22N2O2/c1-23-16-8-5-13(6-9-16)11-19(22)21-18-4-2-3-14-12-15(20)7-10-17(14)18/h5-10,12,18H,2-4,11,20H2,1H3,(H,21,22). The second-order valence-electron chi connectivity index (χ2n) is 6.00. The van der Waals surface area contributed by atoms with Gasteiger partial charge in [-0.25, -0.2) is 0 Å². The summed E-state index contributed by atoms with van der Waals surface area (Å²) in [6.07, 6.45) is 3.46. The molecular weight excluding hydrogens is 288 g/mol. The summed E-state index contributed by atoms with van der Waals surface area (Å²) >= 11 is 0. The number of fused-ring (bicyclic) bond motifs is 1. The molecule has 0 saturated carbocycles. The number of nitrogens with one attached hydrogen (secondary N) is 1. The number of nitrogens with two attached hydrogens (primary N) is 1. The monoisotopic (exact) mass is 310 g/mol. The van der Waals surface area contributed by atoms with Gasteiger partial charge in [0.05, 0.1) is 19.6 Å². The minimum Gasteiger partial charge on any atom is -0.497 e. The number of aryl methyl sites for hydroxylation is 1. The number of hydrogen-bond acceptors (Lipinski definition) is 3. The number of ether oxygens (including phenoxy) is 1. The Morgan fingerprint density at radius 1 is 1.26 bits per heavy atom. The summed E-state index contributed by atoms with van der Waals surface area (Å²) in [5.74, 6) is 0.845.